The van der Waals surface area contributed by atoms with E-state index in [1.54, 1.807) is 0 Å². The van der Waals surface area contributed by atoms with Gasteiger partial charge in [-0.3, -0.25) is 14.8 Å². The third-order valence-electron chi connectivity index (χ3n) is 6.19. The molecule has 25 heavy (non-hydrogen) atoms. The standard InChI is InChI=1S/C19H33N5O/c1-5-8-24-13-19(6-9-23(4)10-7-19)11-17(24)18(25)20-12-16-14(2)21-22-15(16)3/h17H,5-13H2,1-4H3,(H,20,25)(H,21,22)/t17-/m1/s1. The maximum absolute atomic E-state index is 12.9. The van der Waals surface area contributed by atoms with Crippen LogP contribution in [-0.4, -0.2) is 65.2 Å². The molecule has 1 atom stereocenters. The highest BCUT2D eigenvalue weighted by Crippen LogP contribution is 2.43. The summed E-state index contributed by atoms with van der Waals surface area (Å²) in [6.45, 7) is 11.2. The highest BCUT2D eigenvalue weighted by atomic mass is 16.2. The second-order valence-corrected chi connectivity index (χ2v) is 8.12. The number of nitrogens with zero attached hydrogens (tertiary/aromatic N) is 3. The van der Waals surface area contributed by atoms with E-state index in [2.05, 4.69) is 39.3 Å². The van der Waals surface area contributed by atoms with Gasteiger partial charge in [0.15, 0.2) is 0 Å². The number of aromatic nitrogens is 2. The fraction of sp³-hybridized carbons (Fsp3) is 0.789. The molecule has 2 fully saturated rings. The molecule has 1 aromatic rings. The van der Waals surface area contributed by atoms with Crippen molar-refractivity contribution >= 4 is 5.91 Å². The van der Waals surface area contributed by atoms with Gasteiger partial charge in [0, 0.05) is 24.3 Å². The van der Waals surface area contributed by atoms with Crippen molar-refractivity contribution in [3.8, 4) is 0 Å². The molecular weight excluding hydrogens is 314 g/mol. The molecular formula is C19H33N5O. The number of rotatable bonds is 5. The van der Waals surface area contributed by atoms with Crippen LogP contribution in [0.4, 0.5) is 0 Å². The molecule has 2 aliphatic rings. The number of nitrogens with one attached hydrogen (secondary N) is 2. The molecule has 0 unspecified atom stereocenters. The van der Waals surface area contributed by atoms with E-state index in [1.165, 1.54) is 12.8 Å². The Bertz CT molecular complexity index is 583. The molecule has 0 bridgehead atoms. The molecule has 6 nitrogen and oxygen atoms in total. The van der Waals surface area contributed by atoms with Crippen molar-refractivity contribution < 1.29 is 4.79 Å². The maximum Gasteiger partial charge on any atom is 0.237 e. The van der Waals surface area contributed by atoms with E-state index >= 15 is 0 Å². The van der Waals surface area contributed by atoms with Gasteiger partial charge in [-0.25, -0.2) is 0 Å². The molecule has 0 saturated carbocycles. The molecule has 3 heterocycles. The molecule has 1 amide bonds. The van der Waals surface area contributed by atoms with Gasteiger partial charge >= 0.3 is 0 Å². The summed E-state index contributed by atoms with van der Waals surface area (Å²) in [6.07, 6.45) is 4.54. The van der Waals surface area contributed by atoms with Crippen LogP contribution < -0.4 is 5.32 Å². The predicted octanol–water partition coefficient (Wildman–Crippen LogP) is 1.84. The molecule has 2 aliphatic heterocycles. The number of hydrogen-bond acceptors (Lipinski definition) is 4. The van der Waals surface area contributed by atoms with Crippen LogP contribution in [0.15, 0.2) is 0 Å². The van der Waals surface area contributed by atoms with Crippen LogP contribution >= 0.6 is 0 Å². The Kier molecular flexibility index (Phi) is 5.49. The third kappa shape index (κ3) is 3.90. The number of aromatic amines is 1. The van der Waals surface area contributed by atoms with E-state index in [9.17, 15) is 4.79 Å². The Hall–Kier alpha value is -1.40. The maximum atomic E-state index is 12.9. The van der Waals surface area contributed by atoms with Gasteiger partial charge in [0.2, 0.25) is 5.91 Å². The summed E-state index contributed by atoms with van der Waals surface area (Å²) in [5.41, 5.74) is 3.47. The number of H-pyrrole nitrogens is 1. The molecule has 1 spiro atoms. The number of piperidine rings is 1. The van der Waals surface area contributed by atoms with Crippen LogP contribution in [0.1, 0.15) is 49.6 Å². The van der Waals surface area contributed by atoms with Gasteiger partial charge in [-0.05, 0) is 71.6 Å². The number of likely N-dealkylation sites (tertiary alicyclic amines) is 2. The first-order valence-electron chi connectivity index (χ1n) is 9.65. The highest BCUT2D eigenvalue weighted by Gasteiger charge is 2.47. The van der Waals surface area contributed by atoms with Crippen LogP contribution in [0, 0.1) is 19.3 Å². The van der Waals surface area contributed by atoms with E-state index < -0.39 is 0 Å². The average molecular weight is 348 g/mol. The Labute approximate surface area is 151 Å². The van der Waals surface area contributed by atoms with E-state index in [-0.39, 0.29) is 11.9 Å². The molecule has 2 N–H and O–H groups in total. The predicted molar refractivity (Wildman–Crippen MR) is 99.3 cm³/mol. The van der Waals surface area contributed by atoms with E-state index in [0.29, 0.717) is 12.0 Å². The van der Waals surface area contributed by atoms with Crippen molar-refractivity contribution in [1.29, 1.82) is 0 Å². The molecule has 2 saturated heterocycles. The zero-order chi connectivity index (χ0) is 18.0. The second kappa shape index (κ2) is 7.46. The number of aryl methyl sites for hydroxylation is 2. The summed E-state index contributed by atoms with van der Waals surface area (Å²) < 4.78 is 0. The molecule has 1 aromatic heterocycles. The number of amides is 1. The van der Waals surface area contributed by atoms with Crippen molar-refractivity contribution in [2.75, 3.05) is 33.2 Å². The molecule has 140 valence electrons. The Morgan fingerprint density at radius 1 is 1.36 bits per heavy atom. The third-order valence-corrected chi connectivity index (χ3v) is 6.19. The molecule has 0 radical (unpaired) electrons. The minimum atomic E-state index is 0.0240. The number of hydrogen-bond donors (Lipinski definition) is 2. The normalized spacial score (nSPS) is 24.1. The van der Waals surface area contributed by atoms with Crippen LogP contribution in [-0.2, 0) is 11.3 Å². The Balaban J connectivity index is 1.65. The van der Waals surface area contributed by atoms with Crippen molar-refractivity contribution in [2.24, 2.45) is 5.41 Å². The second-order valence-electron chi connectivity index (χ2n) is 8.12. The monoisotopic (exact) mass is 347 g/mol. The quantitative estimate of drug-likeness (QED) is 0.853. The van der Waals surface area contributed by atoms with Gasteiger partial charge in [-0.2, -0.15) is 5.10 Å². The summed E-state index contributed by atoms with van der Waals surface area (Å²) in [5, 5.41) is 10.4. The first-order chi connectivity index (χ1) is 11.9. The molecule has 0 aliphatic carbocycles. The summed E-state index contributed by atoms with van der Waals surface area (Å²) in [5.74, 6) is 0.184. The summed E-state index contributed by atoms with van der Waals surface area (Å²) in [6, 6.07) is 0.0240. The minimum absolute atomic E-state index is 0.0240. The highest BCUT2D eigenvalue weighted by molar-refractivity contribution is 5.82. The van der Waals surface area contributed by atoms with Crippen molar-refractivity contribution in [3.05, 3.63) is 17.0 Å². The molecule has 6 heteroatoms. The lowest BCUT2D eigenvalue weighted by molar-refractivity contribution is -0.125. The largest absolute Gasteiger partial charge is 0.351 e. The van der Waals surface area contributed by atoms with Crippen molar-refractivity contribution in [2.45, 2.75) is 59.0 Å². The lowest BCUT2D eigenvalue weighted by Crippen LogP contribution is -2.43. The van der Waals surface area contributed by atoms with Crippen molar-refractivity contribution in [1.82, 2.24) is 25.3 Å². The Morgan fingerprint density at radius 3 is 2.68 bits per heavy atom. The fourth-order valence-electron chi connectivity index (χ4n) is 4.51. The first kappa shape index (κ1) is 18.4. The summed E-state index contributed by atoms with van der Waals surface area (Å²) >= 11 is 0. The topological polar surface area (TPSA) is 64.3 Å². The van der Waals surface area contributed by atoms with Gasteiger partial charge in [-0.1, -0.05) is 6.92 Å². The van der Waals surface area contributed by atoms with Gasteiger partial charge in [0.25, 0.3) is 0 Å². The van der Waals surface area contributed by atoms with Crippen molar-refractivity contribution in [3.63, 3.8) is 0 Å². The van der Waals surface area contributed by atoms with Crippen LogP contribution in [0.2, 0.25) is 0 Å². The zero-order valence-corrected chi connectivity index (χ0v) is 16.2. The number of carbonyl (C=O) groups excluding carboxylic acids is 1. The summed E-state index contributed by atoms with van der Waals surface area (Å²) in [7, 11) is 2.20. The van der Waals surface area contributed by atoms with Gasteiger partial charge in [0.1, 0.15) is 0 Å². The molecule has 3 rings (SSSR count). The van der Waals surface area contributed by atoms with E-state index in [4.69, 9.17) is 0 Å². The molecule has 0 aromatic carbocycles. The summed E-state index contributed by atoms with van der Waals surface area (Å²) in [4.78, 5) is 17.8. The lowest BCUT2D eigenvalue weighted by Gasteiger charge is -2.37. The van der Waals surface area contributed by atoms with E-state index in [0.717, 1.165) is 56.0 Å². The Morgan fingerprint density at radius 2 is 2.08 bits per heavy atom. The van der Waals surface area contributed by atoms with Gasteiger partial charge in [-0.15, -0.1) is 0 Å². The zero-order valence-electron chi connectivity index (χ0n) is 16.2. The lowest BCUT2D eigenvalue weighted by atomic mass is 9.76. The smallest absolute Gasteiger partial charge is 0.237 e. The SMILES string of the molecule is CCCN1CC2(CCN(C)CC2)C[C@@H]1C(=O)NCc1c(C)n[nH]c1C. The average Bonchev–Trinajstić information content (AvgIpc) is 3.10. The van der Waals surface area contributed by atoms with Gasteiger partial charge in [0.05, 0.1) is 11.7 Å². The van der Waals surface area contributed by atoms with Crippen LogP contribution in [0.3, 0.4) is 0 Å². The van der Waals surface area contributed by atoms with E-state index in [1.807, 2.05) is 13.8 Å². The number of carbonyl (C=O) groups is 1. The van der Waals surface area contributed by atoms with Crippen LogP contribution in [0.25, 0.3) is 0 Å². The minimum Gasteiger partial charge on any atom is -0.351 e. The fourth-order valence-corrected chi connectivity index (χ4v) is 4.51. The van der Waals surface area contributed by atoms with Crippen LogP contribution in [0.5, 0.6) is 0 Å². The first-order valence-corrected chi connectivity index (χ1v) is 9.65. The van der Waals surface area contributed by atoms with Gasteiger partial charge < -0.3 is 10.2 Å².